The third-order valence-electron chi connectivity index (χ3n) is 2.18. The average molecular weight is 214 g/mol. The normalized spacial score (nSPS) is 13.1. The zero-order chi connectivity index (χ0) is 10.6. The topological polar surface area (TPSA) is 34.1 Å². The molecular weight excluding hydrogens is 196 g/mol. The summed E-state index contributed by atoms with van der Waals surface area (Å²) in [5.74, 6) is 0. The molecule has 0 amide bonds. The van der Waals surface area contributed by atoms with Gasteiger partial charge in [-0.2, -0.15) is 0 Å². The predicted octanol–water partition coefficient (Wildman–Crippen LogP) is 1.88. The molecule has 0 fully saturated rings. The highest BCUT2D eigenvalue weighted by molar-refractivity contribution is 7.11. The highest BCUT2D eigenvalue weighted by Crippen LogP contribution is 2.15. The van der Waals surface area contributed by atoms with Gasteiger partial charge < -0.3 is 10.1 Å². The van der Waals surface area contributed by atoms with E-state index < -0.39 is 0 Å². The van der Waals surface area contributed by atoms with E-state index in [1.165, 1.54) is 4.88 Å². The van der Waals surface area contributed by atoms with Crippen LogP contribution in [0.2, 0.25) is 0 Å². The third-order valence-corrected chi connectivity index (χ3v) is 3.26. The third kappa shape index (κ3) is 3.36. The zero-order valence-electron chi connectivity index (χ0n) is 9.26. The monoisotopic (exact) mass is 214 g/mol. The number of nitrogens with zero attached hydrogens (tertiary/aromatic N) is 1. The van der Waals surface area contributed by atoms with E-state index in [4.69, 9.17) is 4.74 Å². The number of methoxy groups -OCH3 is 1. The predicted molar refractivity (Wildman–Crippen MR) is 59.8 cm³/mol. The van der Waals surface area contributed by atoms with Crippen LogP contribution in [0.4, 0.5) is 0 Å². The molecule has 0 bridgehead atoms. The van der Waals surface area contributed by atoms with Crippen molar-refractivity contribution in [3.8, 4) is 0 Å². The van der Waals surface area contributed by atoms with Crippen LogP contribution in [0.3, 0.4) is 0 Å². The Morgan fingerprint density at radius 3 is 2.71 bits per heavy atom. The molecule has 0 aromatic carbocycles. The van der Waals surface area contributed by atoms with Crippen LogP contribution in [0, 0.1) is 13.8 Å². The van der Waals surface area contributed by atoms with Crippen molar-refractivity contribution in [2.24, 2.45) is 0 Å². The van der Waals surface area contributed by atoms with Crippen molar-refractivity contribution in [3.63, 3.8) is 0 Å². The van der Waals surface area contributed by atoms with E-state index in [1.807, 2.05) is 13.8 Å². The van der Waals surface area contributed by atoms with E-state index in [9.17, 15) is 0 Å². The number of hydrogen-bond acceptors (Lipinski definition) is 4. The van der Waals surface area contributed by atoms with Gasteiger partial charge in [0.1, 0.15) is 5.01 Å². The van der Waals surface area contributed by atoms with Crippen molar-refractivity contribution in [1.29, 1.82) is 0 Å². The molecule has 1 rings (SSSR count). The van der Waals surface area contributed by atoms with Gasteiger partial charge in [0.25, 0.3) is 0 Å². The molecule has 80 valence electrons. The van der Waals surface area contributed by atoms with E-state index in [0.29, 0.717) is 0 Å². The van der Waals surface area contributed by atoms with Gasteiger partial charge in [-0.3, -0.25) is 0 Å². The lowest BCUT2D eigenvalue weighted by Crippen LogP contribution is -2.25. The fourth-order valence-corrected chi connectivity index (χ4v) is 1.98. The first-order chi connectivity index (χ1) is 6.63. The second-order valence-electron chi connectivity index (χ2n) is 3.43. The van der Waals surface area contributed by atoms with E-state index in [0.717, 1.165) is 23.8 Å². The maximum absolute atomic E-state index is 5.14. The van der Waals surface area contributed by atoms with Gasteiger partial charge in [0.2, 0.25) is 0 Å². The lowest BCUT2D eigenvalue weighted by atomic mass is 10.4. The molecule has 0 aliphatic carbocycles. The molecular formula is C10H18N2OS. The Balaban J connectivity index is 2.31. The Labute approximate surface area is 89.5 Å². The molecule has 1 heterocycles. The van der Waals surface area contributed by atoms with Gasteiger partial charge in [-0.1, -0.05) is 0 Å². The van der Waals surface area contributed by atoms with Crippen LogP contribution < -0.4 is 5.32 Å². The van der Waals surface area contributed by atoms with Crippen LogP contribution in [0.25, 0.3) is 0 Å². The van der Waals surface area contributed by atoms with Crippen LogP contribution >= 0.6 is 11.3 Å². The molecule has 0 saturated carbocycles. The Kier molecular flexibility index (Phi) is 4.51. The van der Waals surface area contributed by atoms with Gasteiger partial charge >= 0.3 is 0 Å². The van der Waals surface area contributed by atoms with Crippen LogP contribution in [0.5, 0.6) is 0 Å². The Morgan fingerprint density at radius 2 is 2.21 bits per heavy atom. The molecule has 0 saturated heterocycles. The second-order valence-corrected chi connectivity index (χ2v) is 4.71. The number of nitrogens with one attached hydrogen (secondary N) is 1. The van der Waals surface area contributed by atoms with Gasteiger partial charge in [-0.25, -0.2) is 4.98 Å². The van der Waals surface area contributed by atoms with Crippen molar-refractivity contribution in [1.82, 2.24) is 10.3 Å². The van der Waals surface area contributed by atoms with Gasteiger partial charge in [-0.05, 0) is 20.8 Å². The molecule has 1 aromatic rings. The summed E-state index contributed by atoms with van der Waals surface area (Å²) in [6, 6.07) is 0. The standard InChI is InChI=1S/C10H18N2OS/c1-7(13-4)5-11-6-10-12-8(2)9(3)14-10/h7,11H,5-6H2,1-4H3. The molecule has 3 nitrogen and oxygen atoms in total. The first-order valence-electron chi connectivity index (χ1n) is 4.80. The smallest absolute Gasteiger partial charge is 0.107 e. The van der Waals surface area contributed by atoms with Crippen molar-refractivity contribution in [3.05, 3.63) is 15.6 Å². The fraction of sp³-hybridized carbons (Fsp3) is 0.700. The van der Waals surface area contributed by atoms with Gasteiger partial charge in [0, 0.05) is 25.1 Å². The van der Waals surface area contributed by atoms with Crippen LogP contribution in [0.15, 0.2) is 0 Å². The number of aromatic nitrogens is 1. The summed E-state index contributed by atoms with van der Waals surface area (Å²) in [5, 5.41) is 4.47. The van der Waals surface area contributed by atoms with E-state index >= 15 is 0 Å². The molecule has 0 aliphatic rings. The molecule has 0 radical (unpaired) electrons. The summed E-state index contributed by atoms with van der Waals surface area (Å²) >= 11 is 1.76. The highest BCUT2D eigenvalue weighted by Gasteiger charge is 2.03. The van der Waals surface area contributed by atoms with Crippen LogP contribution in [0.1, 0.15) is 22.5 Å². The SMILES string of the molecule is COC(C)CNCc1nc(C)c(C)s1. The maximum atomic E-state index is 5.14. The quantitative estimate of drug-likeness (QED) is 0.812. The maximum Gasteiger partial charge on any atom is 0.107 e. The summed E-state index contributed by atoms with van der Waals surface area (Å²) in [4.78, 5) is 5.76. The largest absolute Gasteiger partial charge is 0.380 e. The molecule has 14 heavy (non-hydrogen) atoms. The zero-order valence-corrected chi connectivity index (χ0v) is 10.1. The van der Waals surface area contributed by atoms with E-state index in [1.54, 1.807) is 18.4 Å². The second kappa shape index (κ2) is 5.44. The van der Waals surface area contributed by atoms with E-state index in [-0.39, 0.29) is 6.10 Å². The minimum Gasteiger partial charge on any atom is -0.380 e. The summed E-state index contributed by atoms with van der Waals surface area (Å²) in [7, 11) is 1.73. The summed E-state index contributed by atoms with van der Waals surface area (Å²) in [6.07, 6.45) is 0.261. The lowest BCUT2D eigenvalue weighted by molar-refractivity contribution is 0.117. The van der Waals surface area contributed by atoms with Crippen molar-refractivity contribution < 1.29 is 4.74 Å². The van der Waals surface area contributed by atoms with Crippen molar-refractivity contribution in [2.45, 2.75) is 33.4 Å². The molecule has 0 spiro atoms. The summed E-state index contributed by atoms with van der Waals surface area (Å²) < 4.78 is 5.14. The lowest BCUT2D eigenvalue weighted by Gasteiger charge is -2.08. The average Bonchev–Trinajstić information content (AvgIpc) is 2.46. The molecule has 1 N–H and O–H groups in total. The fourth-order valence-electron chi connectivity index (χ4n) is 1.08. The first-order valence-corrected chi connectivity index (χ1v) is 5.61. The molecule has 1 aromatic heterocycles. The molecule has 1 atom stereocenters. The van der Waals surface area contributed by atoms with Gasteiger partial charge in [0.05, 0.1) is 11.8 Å². The number of aryl methyl sites for hydroxylation is 2. The van der Waals surface area contributed by atoms with E-state index in [2.05, 4.69) is 17.2 Å². The summed E-state index contributed by atoms with van der Waals surface area (Å²) in [6.45, 7) is 7.91. The molecule has 4 heteroatoms. The number of ether oxygens (including phenoxy) is 1. The van der Waals surface area contributed by atoms with Gasteiger partial charge in [0.15, 0.2) is 0 Å². The minimum absolute atomic E-state index is 0.261. The highest BCUT2D eigenvalue weighted by atomic mass is 32.1. The van der Waals surface area contributed by atoms with Crippen molar-refractivity contribution in [2.75, 3.05) is 13.7 Å². The number of rotatable bonds is 5. The first kappa shape index (κ1) is 11.6. The molecule has 1 unspecified atom stereocenters. The number of hydrogen-bond donors (Lipinski definition) is 1. The minimum atomic E-state index is 0.261. The van der Waals surface area contributed by atoms with Crippen molar-refractivity contribution >= 4 is 11.3 Å². The van der Waals surface area contributed by atoms with Gasteiger partial charge in [-0.15, -0.1) is 11.3 Å². The Hall–Kier alpha value is -0.450. The Morgan fingerprint density at radius 1 is 1.50 bits per heavy atom. The number of thiazole rings is 1. The van der Waals surface area contributed by atoms with Crippen LogP contribution in [-0.4, -0.2) is 24.7 Å². The molecule has 0 aliphatic heterocycles. The van der Waals surface area contributed by atoms with Crippen LogP contribution in [-0.2, 0) is 11.3 Å². The summed E-state index contributed by atoms with van der Waals surface area (Å²) in [5.41, 5.74) is 1.14. The Bertz CT molecular complexity index is 266.